The van der Waals surface area contributed by atoms with Gasteiger partial charge in [-0.3, -0.25) is 9.10 Å². The molecule has 27 heavy (non-hydrogen) atoms. The van der Waals surface area contributed by atoms with Crippen molar-refractivity contribution in [2.24, 2.45) is 5.41 Å². The minimum atomic E-state index is -2.86. The monoisotopic (exact) mass is 394 g/mol. The molecule has 3 heterocycles. The molecule has 2 atom stereocenters. The molecule has 1 amide bonds. The fourth-order valence-electron chi connectivity index (χ4n) is 3.79. The first kappa shape index (κ1) is 19.7. The number of rotatable bonds is 6. The van der Waals surface area contributed by atoms with Gasteiger partial charge in [-0.2, -0.15) is 0 Å². The third-order valence-electron chi connectivity index (χ3n) is 5.29. The van der Waals surface area contributed by atoms with Crippen LogP contribution in [0.25, 0.3) is 0 Å². The summed E-state index contributed by atoms with van der Waals surface area (Å²) in [5, 5.41) is 0. The normalized spacial score (nSPS) is 29.4. The van der Waals surface area contributed by atoms with Gasteiger partial charge in [-0.25, -0.2) is 8.42 Å². The summed E-state index contributed by atoms with van der Waals surface area (Å²) in [5.41, 5.74) is 0.609. The Morgan fingerprint density at radius 1 is 1.26 bits per heavy atom. The summed E-state index contributed by atoms with van der Waals surface area (Å²) in [6, 6.07) is -0.421. The van der Waals surface area contributed by atoms with Crippen molar-refractivity contribution in [2.45, 2.75) is 31.9 Å². The molecule has 3 fully saturated rings. The van der Waals surface area contributed by atoms with Crippen molar-refractivity contribution in [3.8, 4) is 0 Å². The number of hydrogen-bond donors (Lipinski definition) is 1. The number of thiol groups is 1. The van der Waals surface area contributed by atoms with E-state index >= 15 is 0 Å². The smallest absolute Gasteiger partial charge is 0.225 e. The predicted octanol–water partition coefficient (Wildman–Crippen LogP) is 1.38. The zero-order valence-corrected chi connectivity index (χ0v) is 16.4. The van der Waals surface area contributed by atoms with Crippen molar-refractivity contribution in [3.63, 3.8) is 0 Å². The highest BCUT2D eigenvalue weighted by molar-refractivity contribution is 7.70. The van der Waals surface area contributed by atoms with Crippen molar-refractivity contribution < 1.29 is 22.7 Å². The van der Waals surface area contributed by atoms with E-state index in [0.717, 1.165) is 26.3 Å². The van der Waals surface area contributed by atoms with Crippen LogP contribution >= 0.6 is 0 Å². The fourth-order valence-corrected chi connectivity index (χ4v) is 4.57. The van der Waals surface area contributed by atoms with E-state index in [2.05, 4.69) is 13.2 Å². The van der Waals surface area contributed by atoms with Crippen molar-refractivity contribution >= 4 is 16.8 Å². The van der Waals surface area contributed by atoms with Crippen LogP contribution in [0, 0.1) is 5.41 Å². The van der Waals surface area contributed by atoms with Gasteiger partial charge < -0.3 is 14.4 Å². The van der Waals surface area contributed by atoms with Crippen LogP contribution in [-0.4, -0.2) is 62.0 Å². The molecule has 7 nitrogen and oxygen atoms in total. The second-order valence-corrected chi connectivity index (χ2v) is 8.22. The Balaban J connectivity index is 1.66. The number of allylic oxidation sites excluding steroid dienone is 4. The molecule has 0 N–H and O–H groups in total. The van der Waals surface area contributed by atoms with Gasteiger partial charge in [0.05, 0.1) is 30.4 Å². The Morgan fingerprint density at radius 2 is 1.93 bits per heavy atom. The molecule has 148 valence electrons. The van der Waals surface area contributed by atoms with Gasteiger partial charge in [-0.15, -0.1) is 0 Å². The predicted molar refractivity (Wildman–Crippen MR) is 102 cm³/mol. The van der Waals surface area contributed by atoms with Gasteiger partial charge in [0.25, 0.3) is 0 Å². The minimum absolute atomic E-state index is 0.0723. The Morgan fingerprint density at radius 3 is 2.44 bits per heavy atom. The van der Waals surface area contributed by atoms with E-state index in [4.69, 9.17) is 9.47 Å². The maximum absolute atomic E-state index is 12.4. The van der Waals surface area contributed by atoms with Crippen LogP contribution in [0.2, 0.25) is 0 Å². The van der Waals surface area contributed by atoms with Crippen LogP contribution in [0.15, 0.2) is 48.9 Å². The lowest BCUT2D eigenvalue weighted by Crippen LogP contribution is -2.67. The van der Waals surface area contributed by atoms with Gasteiger partial charge in [0, 0.05) is 19.5 Å². The molecule has 1 unspecified atom stereocenters. The van der Waals surface area contributed by atoms with Crippen LogP contribution in [0.1, 0.15) is 19.8 Å². The largest absolute Gasteiger partial charge is 0.486 e. The molecule has 3 aliphatic rings. The molecule has 0 radical (unpaired) electrons. The number of morpholine rings is 1. The average molecular weight is 394 g/mol. The molecular weight excluding hydrogens is 368 g/mol. The minimum Gasteiger partial charge on any atom is -0.486 e. The lowest BCUT2D eigenvalue weighted by Gasteiger charge is -2.55. The van der Waals surface area contributed by atoms with Crippen molar-refractivity contribution in [1.29, 1.82) is 0 Å². The van der Waals surface area contributed by atoms with Gasteiger partial charge in [-0.1, -0.05) is 25.3 Å². The average Bonchev–Trinajstić information content (AvgIpc) is 2.53. The molecule has 8 heteroatoms. The van der Waals surface area contributed by atoms with E-state index in [1.54, 1.807) is 25.2 Å². The van der Waals surface area contributed by atoms with Crippen LogP contribution < -0.4 is 0 Å². The fraction of sp³-hybridized carbons (Fsp3) is 0.526. The topological polar surface area (TPSA) is 76.2 Å². The number of ether oxygens (including phenoxy) is 2. The van der Waals surface area contributed by atoms with Crippen molar-refractivity contribution in [3.05, 3.63) is 48.9 Å². The number of carbonyl (C=O) groups is 1. The number of amides is 1. The molecule has 1 spiro atoms. The molecule has 0 aliphatic carbocycles. The Bertz CT molecular complexity index is 750. The maximum atomic E-state index is 12.4. The summed E-state index contributed by atoms with van der Waals surface area (Å²) in [4.78, 5) is 14.3. The Labute approximate surface area is 161 Å². The van der Waals surface area contributed by atoms with Crippen LogP contribution in [0.5, 0.6) is 0 Å². The van der Waals surface area contributed by atoms with Crippen LogP contribution in [0.4, 0.5) is 0 Å². The third kappa shape index (κ3) is 3.82. The number of carbonyl (C=O) groups excluding carboxylic acids is 1. The highest BCUT2D eigenvalue weighted by Gasteiger charge is 2.50. The van der Waals surface area contributed by atoms with Crippen LogP contribution in [-0.2, 0) is 25.2 Å². The number of likely N-dealkylation sites (tertiary alicyclic amines) is 1. The molecule has 3 saturated heterocycles. The number of nitrogens with zero attached hydrogens (tertiary/aromatic N) is 2. The standard InChI is InChI=1S/C19H26N2O5S/c1-4-6-15-17(7-5-2)26-16(14(3)21(15)27(23)24)8-9-18(22)20-10-19(11-20)12-25-13-19/h4-7,14,16,27H,1-2,8-13H2,3H3/b15-6+,17-7+/t14-,16?/m1/s1. The molecule has 0 aromatic heterocycles. The van der Waals surface area contributed by atoms with E-state index in [1.165, 1.54) is 10.4 Å². The Hall–Kier alpha value is -2.06. The number of hydrogen-bond acceptors (Lipinski definition) is 5. The lowest BCUT2D eigenvalue weighted by molar-refractivity contribution is -0.195. The van der Waals surface area contributed by atoms with Crippen molar-refractivity contribution in [1.82, 2.24) is 9.21 Å². The van der Waals surface area contributed by atoms with E-state index in [9.17, 15) is 13.2 Å². The molecule has 0 saturated carbocycles. The molecule has 0 aromatic rings. The second-order valence-electron chi connectivity index (χ2n) is 7.31. The van der Waals surface area contributed by atoms with E-state index < -0.39 is 23.0 Å². The van der Waals surface area contributed by atoms with Gasteiger partial charge in [0.2, 0.25) is 16.8 Å². The van der Waals surface area contributed by atoms with Crippen molar-refractivity contribution in [2.75, 3.05) is 26.3 Å². The summed E-state index contributed by atoms with van der Waals surface area (Å²) in [7, 11) is -2.86. The highest BCUT2D eigenvalue weighted by atomic mass is 32.2. The lowest BCUT2D eigenvalue weighted by atomic mass is 9.78. The summed E-state index contributed by atoms with van der Waals surface area (Å²) < 4.78 is 36.2. The molecule has 0 aromatic carbocycles. The first-order valence-electron chi connectivity index (χ1n) is 9.02. The first-order chi connectivity index (χ1) is 12.9. The second kappa shape index (κ2) is 7.90. The Kier molecular flexibility index (Phi) is 5.76. The van der Waals surface area contributed by atoms with E-state index in [0.29, 0.717) is 24.3 Å². The quantitative estimate of drug-likeness (QED) is 0.689. The summed E-state index contributed by atoms with van der Waals surface area (Å²) in [6.45, 7) is 12.0. The summed E-state index contributed by atoms with van der Waals surface area (Å²) in [6.07, 6.45) is 6.61. The van der Waals surface area contributed by atoms with Crippen LogP contribution in [0.3, 0.4) is 0 Å². The highest BCUT2D eigenvalue weighted by Crippen LogP contribution is 2.38. The van der Waals surface area contributed by atoms with Gasteiger partial charge in [-0.05, 0) is 25.5 Å². The van der Waals surface area contributed by atoms with Gasteiger partial charge in [0.1, 0.15) is 11.9 Å². The SMILES string of the molecule is C=C/C=C1/OC(CCC(=O)N2CC3(COC3)C2)[C@@H](C)N([SH](=O)=O)/C1=C/C=C. The van der Waals surface area contributed by atoms with E-state index in [-0.39, 0.29) is 11.3 Å². The summed E-state index contributed by atoms with van der Waals surface area (Å²) >= 11 is 0. The van der Waals surface area contributed by atoms with E-state index in [1.807, 2.05) is 4.90 Å². The zero-order chi connectivity index (χ0) is 19.6. The third-order valence-corrected chi connectivity index (χ3v) is 6.22. The molecule has 0 bridgehead atoms. The maximum Gasteiger partial charge on any atom is 0.225 e. The first-order valence-corrected chi connectivity index (χ1v) is 10.2. The summed E-state index contributed by atoms with van der Waals surface area (Å²) in [5.74, 6) is 0.484. The zero-order valence-electron chi connectivity index (χ0n) is 15.5. The molecular formula is C19H26N2O5S. The van der Waals surface area contributed by atoms with Gasteiger partial charge >= 0.3 is 0 Å². The van der Waals surface area contributed by atoms with Gasteiger partial charge in [0.15, 0.2) is 0 Å². The molecule has 3 rings (SSSR count). The molecule has 3 aliphatic heterocycles.